The third-order valence-corrected chi connectivity index (χ3v) is 4.85. The van der Waals surface area contributed by atoms with Crippen molar-refractivity contribution in [3.05, 3.63) is 29.1 Å². The summed E-state index contributed by atoms with van der Waals surface area (Å²) in [6, 6.07) is 3.46. The van der Waals surface area contributed by atoms with Crippen molar-refractivity contribution in [3.63, 3.8) is 0 Å². The molecule has 1 heterocycles. The summed E-state index contributed by atoms with van der Waals surface area (Å²) in [7, 11) is 0. The summed E-state index contributed by atoms with van der Waals surface area (Å²) < 4.78 is 13.9. The maximum absolute atomic E-state index is 13.9. The summed E-state index contributed by atoms with van der Waals surface area (Å²) in [4.78, 5) is 2.41. The highest BCUT2D eigenvalue weighted by atomic mass is 19.1. The van der Waals surface area contributed by atoms with Crippen molar-refractivity contribution in [2.45, 2.75) is 53.0 Å². The molecule has 1 aromatic rings. The number of aryl methyl sites for hydroxylation is 1. The van der Waals surface area contributed by atoms with E-state index < -0.39 is 0 Å². The average molecular weight is 292 g/mol. The summed E-state index contributed by atoms with van der Waals surface area (Å²) in [5.41, 5.74) is 8.83. The average Bonchev–Trinajstić information content (AvgIpc) is 2.67. The first-order valence-corrected chi connectivity index (χ1v) is 8.20. The van der Waals surface area contributed by atoms with Crippen LogP contribution in [0.1, 0.15) is 57.2 Å². The largest absolute Gasteiger partial charge is 0.371 e. The highest BCUT2D eigenvalue weighted by Gasteiger charge is 2.22. The lowest BCUT2D eigenvalue weighted by atomic mass is 9.89. The Kier molecular flexibility index (Phi) is 5.26. The van der Waals surface area contributed by atoms with E-state index >= 15 is 0 Å². The molecule has 0 aliphatic carbocycles. The molecular formula is C18H29FN2. The Morgan fingerprint density at radius 3 is 2.52 bits per heavy atom. The van der Waals surface area contributed by atoms with Crippen molar-refractivity contribution < 1.29 is 4.39 Å². The third kappa shape index (κ3) is 3.76. The standard InChI is InChI=1S/C18H29FN2/c1-12(2)15-6-5-8-21(9-7-15)18-10-13(3)17(19)11-16(18)14(4)20/h10-12,14-15H,5-9,20H2,1-4H3/t14-,15?/m1/s1. The van der Waals surface area contributed by atoms with Gasteiger partial charge < -0.3 is 10.6 Å². The maximum atomic E-state index is 13.9. The monoisotopic (exact) mass is 292 g/mol. The Labute approximate surface area is 128 Å². The van der Waals surface area contributed by atoms with Gasteiger partial charge in [0.1, 0.15) is 5.82 Å². The fourth-order valence-corrected chi connectivity index (χ4v) is 3.35. The van der Waals surface area contributed by atoms with Crippen LogP contribution in [0.5, 0.6) is 0 Å². The van der Waals surface area contributed by atoms with Gasteiger partial charge in [-0.15, -0.1) is 0 Å². The van der Waals surface area contributed by atoms with Gasteiger partial charge in [-0.25, -0.2) is 4.39 Å². The lowest BCUT2D eigenvalue weighted by Gasteiger charge is -2.28. The van der Waals surface area contributed by atoms with Gasteiger partial charge in [-0.2, -0.15) is 0 Å². The molecular weight excluding hydrogens is 263 g/mol. The first-order chi connectivity index (χ1) is 9.90. The minimum absolute atomic E-state index is 0.140. The van der Waals surface area contributed by atoms with E-state index in [-0.39, 0.29) is 11.9 Å². The molecule has 3 heteroatoms. The van der Waals surface area contributed by atoms with Gasteiger partial charge in [-0.05, 0) is 68.2 Å². The zero-order chi connectivity index (χ0) is 15.6. The highest BCUT2D eigenvalue weighted by Crippen LogP contribution is 2.32. The Bertz CT molecular complexity index is 482. The molecule has 0 bridgehead atoms. The van der Waals surface area contributed by atoms with Crippen LogP contribution in [0.15, 0.2) is 12.1 Å². The van der Waals surface area contributed by atoms with E-state index in [2.05, 4.69) is 18.7 Å². The molecule has 2 nitrogen and oxygen atoms in total. The fourth-order valence-electron chi connectivity index (χ4n) is 3.35. The molecule has 1 fully saturated rings. The zero-order valence-electron chi connectivity index (χ0n) is 13.8. The van der Waals surface area contributed by atoms with Crippen LogP contribution in [-0.2, 0) is 0 Å². The zero-order valence-corrected chi connectivity index (χ0v) is 13.8. The Morgan fingerprint density at radius 2 is 1.90 bits per heavy atom. The molecule has 1 aliphatic heterocycles. The molecule has 1 aliphatic rings. The quantitative estimate of drug-likeness (QED) is 0.893. The molecule has 0 amide bonds. The minimum atomic E-state index is -0.152. The molecule has 1 aromatic carbocycles. The summed E-state index contributed by atoms with van der Waals surface area (Å²) in [5.74, 6) is 1.39. The molecule has 118 valence electrons. The van der Waals surface area contributed by atoms with Crippen LogP contribution in [0.25, 0.3) is 0 Å². The van der Waals surface area contributed by atoms with E-state index in [0.717, 1.165) is 36.2 Å². The third-order valence-electron chi connectivity index (χ3n) is 4.85. The lowest BCUT2D eigenvalue weighted by Crippen LogP contribution is -2.27. The number of nitrogens with zero attached hydrogens (tertiary/aromatic N) is 1. The minimum Gasteiger partial charge on any atom is -0.371 e. The predicted molar refractivity (Wildman–Crippen MR) is 88.1 cm³/mol. The Morgan fingerprint density at radius 1 is 1.19 bits per heavy atom. The van der Waals surface area contributed by atoms with E-state index in [0.29, 0.717) is 5.56 Å². The van der Waals surface area contributed by atoms with Crippen molar-refractivity contribution >= 4 is 5.69 Å². The topological polar surface area (TPSA) is 29.3 Å². The van der Waals surface area contributed by atoms with Crippen LogP contribution in [0.4, 0.5) is 10.1 Å². The van der Waals surface area contributed by atoms with Crippen molar-refractivity contribution in [2.75, 3.05) is 18.0 Å². The molecule has 1 unspecified atom stereocenters. The normalized spacial score (nSPS) is 21.5. The van der Waals surface area contributed by atoms with Gasteiger partial charge in [-0.1, -0.05) is 13.8 Å². The molecule has 0 aromatic heterocycles. The second-order valence-corrected chi connectivity index (χ2v) is 6.87. The maximum Gasteiger partial charge on any atom is 0.126 e. The van der Waals surface area contributed by atoms with Crippen LogP contribution in [-0.4, -0.2) is 13.1 Å². The molecule has 0 spiro atoms. The summed E-state index contributed by atoms with van der Waals surface area (Å²) >= 11 is 0. The first kappa shape index (κ1) is 16.3. The van der Waals surface area contributed by atoms with E-state index in [9.17, 15) is 4.39 Å². The molecule has 2 atom stereocenters. The van der Waals surface area contributed by atoms with Gasteiger partial charge in [0.25, 0.3) is 0 Å². The molecule has 1 saturated heterocycles. The number of halogens is 1. The molecule has 0 saturated carbocycles. The molecule has 2 N–H and O–H groups in total. The van der Waals surface area contributed by atoms with Gasteiger partial charge in [0.15, 0.2) is 0 Å². The van der Waals surface area contributed by atoms with Crippen LogP contribution >= 0.6 is 0 Å². The van der Waals surface area contributed by atoms with E-state index in [1.54, 1.807) is 6.07 Å². The van der Waals surface area contributed by atoms with Crippen LogP contribution < -0.4 is 10.6 Å². The van der Waals surface area contributed by atoms with Crippen molar-refractivity contribution in [1.29, 1.82) is 0 Å². The highest BCUT2D eigenvalue weighted by molar-refractivity contribution is 5.57. The van der Waals surface area contributed by atoms with Crippen LogP contribution in [0, 0.1) is 24.6 Å². The number of nitrogens with two attached hydrogens (primary N) is 1. The number of rotatable bonds is 3. The summed E-state index contributed by atoms with van der Waals surface area (Å²) in [6.45, 7) is 10.5. The number of anilines is 1. The lowest BCUT2D eigenvalue weighted by molar-refractivity contribution is 0.351. The molecule has 0 radical (unpaired) electrons. The van der Waals surface area contributed by atoms with Crippen molar-refractivity contribution in [3.8, 4) is 0 Å². The van der Waals surface area contributed by atoms with E-state index in [4.69, 9.17) is 5.73 Å². The van der Waals surface area contributed by atoms with E-state index in [1.165, 1.54) is 19.3 Å². The van der Waals surface area contributed by atoms with Gasteiger partial charge in [-0.3, -0.25) is 0 Å². The van der Waals surface area contributed by atoms with Crippen LogP contribution in [0.2, 0.25) is 0 Å². The SMILES string of the molecule is Cc1cc(N2CCCC(C(C)C)CC2)c([C@@H](C)N)cc1F. The van der Waals surface area contributed by atoms with Crippen molar-refractivity contribution in [2.24, 2.45) is 17.6 Å². The smallest absolute Gasteiger partial charge is 0.126 e. The summed E-state index contributed by atoms with van der Waals surface area (Å²) in [6.07, 6.45) is 3.71. The first-order valence-electron chi connectivity index (χ1n) is 8.20. The second kappa shape index (κ2) is 6.78. The molecule has 21 heavy (non-hydrogen) atoms. The van der Waals surface area contributed by atoms with Crippen molar-refractivity contribution in [1.82, 2.24) is 0 Å². The number of hydrogen-bond donors (Lipinski definition) is 1. The van der Waals surface area contributed by atoms with E-state index in [1.807, 2.05) is 19.9 Å². The Hall–Kier alpha value is -1.09. The predicted octanol–water partition coefficient (Wildman–Crippen LogP) is 4.42. The summed E-state index contributed by atoms with van der Waals surface area (Å²) in [5, 5.41) is 0. The second-order valence-electron chi connectivity index (χ2n) is 6.87. The Balaban J connectivity index is 2.27. The van der Waals surface area contributed by atoms with Crippen LogP contribution in [0.3, 0.4) is 0 Å². The molecule has 2 rings (SSSR count). The fraction of sp³-hybridized carbons (Fsp3) is 0.667. The van der Waals surface area contributed by atoms with Gasteiger partial charge in [0.05, 0.1) is 0 Å². The van der Waals surface area contributed by atoms with Gasteiger partial charge >= 0.3 is 0 Å². The van der Waals surface area contributed by atoms with Gasteiger partial charge in [0.2, 0.25) is 0 Å². The van der Waals surface area contributed by atoms with Gasteiger partial charge in [0, 0.05) is 24.8 Å². The number of hydrogen-bond acceptors (Lipinski definition) is 2. The number of benzene rings is 1.